The molecular weight excluding hydrogens is 254 g/mol. The minimum atomic E-state index is 0.827. The number of benzene rings is 1. The van der Waals surface area contributed by atoms with Crippen LogP contribution in [0.5, 0.6) is 0 Å². The zero-order chi connectivity index (χ0) is 13.5. The number of halogens is 1. The molecule has 1 nitrogen and oxygen atoms in total. The monoisotopic (exact) mass is 279 g/mol. The van der Waals surface area contributed by atoms with E-state index in [1.54, 1.807) is 0 Å². The van der Waals surface area contributed by atoms with Crippen LogP contribution in [0.2, 0.25) is 5.02 Å². The predicted octanol–water partition coefficient (Wildman–Crippen LogP) is 4.69. The number of hydrogen-bond acceptors (Lipinski definition) is 1. The lowest BCUT2D eigenvalue weighted by molar-refractivity contribution is 0.282. The average Bonchev–Trinajstić information content (AvgIpc) is 2.43. The van der Waals surface area contributed by atoms with Gasteiger partial charge in [-0.2, -0.15) is 0 Å². The molecule has 0 unspecified atom stereocenters. The molecule has 1 aliphatic rings. The summed E-state index contributed by atoms with van der Waals surface area (Å²) < 4.78 is 0. The molecule has 106 valence electrons. The summed E-state index contributed by atoms with van der Waals surface area (Å²) in [4.78, 5) is 0. The Morgan fingerprint density at radius 3 is 2.47 bits per heavy atom. The summed E-state index contributed by atoms with van der Waals surface area (Å²) in [6.45, 7) is 4.73. The summed E-state index contributed by atoms with van der Waals surface area (Å²) in [5, 5.41) is 4.45. The maximum absolute atomic E-state index is 5.88. The molecule has 0 atom stereocenters. The maximum Gasteiger partial charge on any atom is 0.0406 e. The van der Waals surface area contributed by atoms with Crippen LogP contribution in [0.15, 0.2) is 24.3 Å². The molecule has 0 saturated heterocycles. The summed E-state index contributed by atoms with van der Waals surface area (Å²) in [5.41, 5.74) is 1.39. The first-order valence-corrected chi connectivity index (χ1v) is 8.07. The van der Waals surface area contributed by atoms with E-state index in [0.29, 0.717) is 0 Å². The molecule has 0 heterocycles. The van der Waals surface area contributed by atoms with Crippen molar-refractivity contribution in [2.75, 3.05) is 13.1 Å². The van der Waals surface area contributed by atoms with E-state index in [-0.39, 0.29) is 0 Å². The van der Waals surface area contributed by atoms with Gasteiger partial charge in [0.05, 0.1) is 0 Å². The Morgan fingerprint density at radius 2 is 1.79 bits per heavy atom. The van der Waals surface area contributed by atoms with Crippen molar-refractivity contribution in [1.82, 2.24) is 5.32 Å². The molecule has 1 aliphatic carbocycles. The maximum atomic E-state index is 5.88. The van der Waals surface area contributed by atoms with Crippen molar-refractivity contribution in [3.8, 4) is 0 Å². The first-order chi connectivity index (χ1) is 9.24. The Kier molecular flexibility index (Phi) is 6.19. The van der Waals surface area contributed by atoms with Crippen molar-refractivity contribution >= 4 is 11.6 Å². The molecule has 0 bridgehead atoms. The molecule has 19 heavy (non-hydrogen) atoms. The molecule has 0 radical (unpaired) electrons. The van der Waals surface area contributed by atoms with Crippen LogP contribution in [-0.2, 0) is 6.42 Å². The summed E-state index contributed by atoms with van der Waals surface area (Å²) in [6, 6.07) is 8.22. The zero-order valence-corrected chi connectivity index (χ0v) is 12.8. The van der Waals surface area contributed by atoms with Gasteiger partial charge in [-0.1, -0.05) is 43.5 Å². The number of nitrogens with one attached hydrogen (secondary N) is 1. The fraction of sp³-hybridized carbons (Fsp3) is 0.647. The summed E-state index contributed by atoms with van der Waals surface area (Å²) in [7, 11) is 0. The third kappa shape index (κ3) is 5.54. The van der Waals surface area contributed by atoms with Crippen molar-refractivity contribution in [2.45, 2.75) is 45.4 Å². The minimum Gasteiger partial charge on any atom is -0.316 e. The van der Waals surface area contributed by atoms with E-state index in [9.17, 15) is 0 Å². The topological polar surface area (TPSA) is 12.0 Å². The highest BCUT2D eigenvalue weighted by Gasteiger charge is 2.17. The lowest BCUT2D eigenvalue weighted by atomic mass is 9.83. The van der Waals surface area contributed by atoms with Crippen LogP contribution in [0.4, 0.5) is 0 Å². The number of hydrogen-bond donors (Lipinski definition) is 1. The average molecular weight is 280 g/mol. The van der Waals surface area contributed by atoms with Crippen LogP contribution in [0.25, 0.3) is 0 Å². The normalized spacial score (nSPS) is 23.5. The van der Waals surface area contributed by atoms with Gasteiger partial charge in [0.2, 0.25) is 0 Å². The van der Waals surface area contributed by atoms with Gasteiger partial charge in [-0.25, -0.2) is 0 Å². The number of aryl methyl sites for hydroxylation is 1. The quantitative estimate of drug-likeness (QED) is 0.745. The first kappa shape index (κ1) is 14.9. The van der Waals surface area contributed by atoms with Gasteiger partial charge >= 0.3 is 0 Å². The van der Waals surface area contributed by atoms with E-state index in [0.717, 1.165) is 29.8 Å². The van der Waals surface area contributed by atoms with E-state index in [4.69, 9.17) is 11.6 Å². The van der Waals surface area contributed by atoms with E-state index < -0.39 is 0 Å². The van der Waals surface area contributed by atoms with Crippen LogP contribution in [0, 0.1) is 11.8 Å². The molecule has 0 aliphatic heterocycles. The second kappa shape index (κ2) is 7.91. The lowest BCUT2D eigenvalue weighted by Gasteiger charge is -2.26. The van der Waals surface area contributed by atoms with Crippen molar-refractivity contribution in [2.24, 2.45) is 11.8 Å². The van der Waals surface area contributed by atoms with Gasteiger partial charge in [0.15, 0.2) is 0 Å². The van der Waals surface area contributed by atoms with Crippen LogP contribution in [-0.4, -0.2) is 13.1 Å². The van der Waals surface area contributed by atoms with Crippen molar-refractivity contribution in [3.05, 3.63) is 34.9 Å². The highest BCUT2D eigenvalue weighted by atomic mass is 35.5. The van der Waals surface area contributed by atoms with Gasteiger partial charge in [-0.15, -0.1) is 0 Å². The standard InChI is InChI=1S/C17H26ClN/c1-14-4-6-16(7-5-14)13-19-12-2-3-15-8-10-17(18)11-9-15/h8-11,14,16,19H,2-7,12-13H2,1H3. The van der Waals surface area contributed by atoms with Crippen LogP contribution < -0.4 is 5.32 Å². The van der Waals surface area contributed by atoms with Gasteiger partial charge in [0, 0.05) is 5.02 Å². The Labute approximate surface area is 122 Å². The van der Waals surface area contributed by atoms with Crippen LogP contribution in [0.1, 0.15) is 44.6 Å². The van der Waals surface area contributed by atoms with Gasteiger partial charge < -0.3 is 5.32 Å². The SMILES string of the molecule is CC1CCC(CNCCCc2ccc(Cl)cc2)CC1. The minimum absolute atomic E-state index is 0.827. The molecule has 1 aromatic carbocycles. The Hall–Kier alpha value is -0.530. The summed E-state index contributed by atoms with van der Waals surface area (Å²) in [6.07, 6.45) is 8.06. The van der Waals surface area contributed by atoms with Crippen LogP contribution in [0.3, 0.4) is 0 Å². The molecule has 1 fully saturated rings. The van der Waals surface area contributed by atoms with Crippen molar-refractivity contribution in [1.29, 1.82) is 0 Å². The fourth-order valence-electron chi connectivity index (χ4n) is 2.91. The smallest absolute Gasteiger partial charge is 0.0406 e. The second-order valence-corrected chi connectivity index (χ2v) is 6.50. The molecule has 2 rings (SSSR count). The molecule has 0 spiro atoms. The van der Waals surface area contributed by atoms with E-state index in [1.807, 2.05) is 12.1 Å². The molecule has 1 aromatic rings. The van der Waals surface area contributed by atoms with Crippen LogP contribution >= 0.6 is 11.6 Å². The highest BCUT2D eigenvalue weighted by molar-refractivity contribution is 6.30. The first-order valence-electron chi connectivity index (χ1n) is 7.69. The third-order valence-electron chi connectivity index (χ3n) is 4.30. The van der Waals surface area contributed by atoms with E-state index >= 15 is 0 Å². The van der Waals surface area contributed by atoms with Gasteiger partial charge in [-0.05, 0) is 68.3 Å². The summed E-state index contributed by atoms with van der Waals surface area (Å²) in [5.74, 6) is 1.88. The zero-order valence-electron chi connectivity index (χ0n) is 12.0. The molecule has 1 N–H and O–H groups in total. The Balaban J connectivity index is 1.53. The second-order valence-electron chi connectivity index (χ2n) is 6.06. The van der Waals surface area contributed by atoms with Gasteiger partial charge in [0.1, 0.15) is 0 Å². The lowest BCUT2D eigenvalue weighted by Crippen LogP contribution is -2.27. The fourth-order valence-corrected chi connectivity index (χ4v) is 3.03. The third-order valence-corrected chi connectivity index (χ3v) is 4.55. The largest absolute Gasteiger partial charge is 0.316 e. The Morgan fingerprint density at radius 1 is 1.11 bits per heavy atom. The van der Waals surface area contributed by atoms with Gasteiger partial charge in [0.25, 0.3) is 0 Å². The molecular formula is C17H26ClN. The van der Waals surface area contributed by atoms with E-state index in [1.165, 1.54) is 44.2 Å². The molecule has 0 amide bonds. The number of rotatable bonds is 6. The molecule has 1 saturated carbocycles. The molecule has 2 heteroatoms. The van der Waals surface area contributed by atoms with E-state index in [2.05, 4.69) is 24.4 Å². The highest BCUT2D eigenvalue weighted by Crippen LogP contribution is 2.27. The Bertz CT molecular complexity index is 352. The molecule has 0 aromatic heterocycles. The summed E-state index contributed by atoms with van der Waals surface area (Å²) >= 11 is 5.88. The van der Waals surface area contributed by atoms with Crippen molar-refractivity contribution < 1.29 is 0 Å². The predicted molar refractivity (Wildman–Crippen MR) is 83.8 cm³/mol. The van der Waals surface area contributed by atoms with Gasteiger partial charge in [-0.3, -0.25) is 0 Å². The van der Waals surface area contributed by atoms with Crippen molar-refractivity contribution in [3.63, 3.8) is 0 Å².